The molecule has 4 nitrogen and oxygen atoms in total. The first kappa shape index (κ1) is 12.1. The quantitative estimate of drug-likeness (QED) is 0.932. The first-order chi connectivity index (χ1) is 9.90. The molecule has 2 unspecified atom stereocenters. The number of para-hydroxylation sites is 1. The standard InChI is InChI=1S/C16H19N3O/c20-10-14-17-18-16(15-12-8-4-5-9-13(12)15)19(14)11-6-2-1-3-7-11/h1-3,6-7,12-13,15,20H,4-5,8-10H2. The van der Waals surface area contributed by atoms with Crippen LogP contribution in [-0.2, 0) is 6.61 Å². The molecular formula is C16H19N3O. The normalized spacial score (nSPS) is 28.1. The van der Waals surface area contributed by atoms with E-state index in [-0.39, 0.29) is 6.61 Å². The molecule has 2 aliphatic carbocycles. The lowest BCUT2D eigenvalue weighted by Gasteiger charge is -2.09. The minimum atomic E-state index is -0.0655. The summed E-state index contributed by atoms with van der Waals surface area (Å²) in [5.41, 5.74) is 1.06. The molecule has 4 heteroatoms. The molecule has 1 heterocycles. The topological polar surface area (TPSA) is 50.9 Å². The van der Waals surface area contributed by atoms with Gasteiger partial charge in [-0.1, -0.05) is 31.0 Å². The van der Waals surface area contributed by atoms with Crippen LogP contribution in [0.4, 0.5) is 0 Å². The van der Waals surface area contributed by atoms with Gasteiger partial charge in [-0.2, -0.15) is 0 Å². The molecular weight excluding hydrogens is 250 g/mol. The second-order valence-corrected chi connectivity index (χ2v) is 5.94. The number of benzene rings is 1. The highest BCUT2D eigenvalue weighted by Crippen LogP contribution is 2.60. The summed E-state index contributed by atoms with van der Waals surface area (Å²) in [6, 6.07) is 10.1. The van der Waals surface area contributed by atoms with Gasteiger partial charge < -0.3 is 5.11 Å². The highest BCUT2D eigenvalue weighted by Gasteiger charge is 2.54. The van der Waals surface area contributed by atoms with Gasteiger partial charge >= 0.3 is 0 Å². The lowest BCUT2D eigenvalue weighted by Crippen LogP contribution is -2.05. The van der Waals surface area contributed by atoms with Crippen molar-refractivity contribution < 1.29 is 5.11 Å². The third-order valence-electron chi connectivity index (χ3n) is 4.87. The Kier molecular flexibility index (Phi) is 2.84. The van der Waals surface area contributed by atoms with Gasteiger partial charge in [0, 0.05) is 11.6 Å². The van der Waals surface area contributed by atoms with Crippen molar-refractivity contribution in [2.75, 3.05) is 0 Å². The van der Waals surface area contributed by atoms with Crippen LogP contribution >= 0.6 is 0 Å². The van der Waals surface area contributed by atoms with Crippen molar-refractivity contribution in [3.63, 3.8) is 0 Å². The number of hydrogen-bond donors (Lipinski definition) is 1. The smallest absolute Gasteiger partial charge is 0.163 e. The van der Waals surface area contributed by atoms with Crippen LogP contribution in [0, 0.1) is 11.8 Å². The molecule has 2 aliphatic rings. The highest BCUT2D eigenvalue weighted by atomic mass is 16.3. The summed E-state index contributed by atoms with van der Waals surface area (Å²) < 4.78 is 2.06. The van der Waals surface area contributed by atoms with Gasteiger partial charge in [-0.15, -0.1) is 10.2 Å². The molecule has 2 atom stereocenters. The van der Waals surface area contributed by atoms with Crippen LogP contribution in [0.25, 0.3) is 5.69 Å². The SMILES string of the molecule is OCc1nnc(C2C3CCCCC32)n1-c1ccccc1. The Morgan fingerprint density at radius 2 is 1.75 bits per heavy atom. The van der Waals surface area contributed by atoms with Crippen LogP contribution in [0.15, 0.2) is 30.3 Å². The van der Waals surface area contributed by atoms with Crippen molar-refractivity contribution in [3.05, 3.63) is 42.0 Å². The largest absolute Gasteiger partial charge is 0.388 e. The molecule has 0 bridgehead atoms. The van der Waals surface area contributed by atoms with Crippen molar-refractivity contribution in [2.45, 2.75) is 38.2 Å². The minimum absolute atomic E-state index is 0.0655. The zero-order valence-electron chi connectivity index (χ0n) is 11.4. The Hall–Kier alpha value is -1.68. The molecule has 104 valence electrons. The molecule has 0 saturated heterocycles. The van der Waals surface area contributed by atoms with Gasteiger partial charge in [0.25, 0.3) is 0 Å². The Morgan fingerprint density at radius 3 is 2.40 bits per heavy atom. The van der Waals surface area contributed by atoms with Gasteiger partial charge in [0.1, 0.15) is 12.4 Å². The van der Waals surface area contributed by atoms with E-state index >= 15 is 0 Å². The molecule has 1 aromatic heterocycles. The van der Waals surface area contributed by atoms with Crippen LogP contribution in [0.5, 0.6) is 0 Å². The summed E-state index contributed by atoms with van der Waals surface area (Å²) in [5.74, 6) is 3.83. The Balaban J connectivity index is 1.76. The second kappa shape index (κ2) is 4.70. The first-order valence-corrected chi connectivity index (χ1v) is 7.50. The number of aliphatic hydroxyl groups is 1. The van der Waals surface area contributed by atoms with Crippen LogP contribution in [-0.4, -0.2) is 19.9 Å². The highest BCUT2D eigenvalue weighted by molar-refractivity contribution is 5.36. The average Bonchev–Trinajstić information content (AvgIpc) is 3.09. The lowest BCUT2D eigenvalue weighted by molar-refractivity contribution is 0.268. The Labute approximate surface area is 118 Å². The second-order valence-electron chi connectivity index (χ2n) is 5.94. The Morgan fingerprint density at radius 1 is 1.05 bits per heavy atom. The number of aromatic nitrogens is 3. The van der Waals surface area contributed by atoms with E-state index in [9.17, 15) is 5.11 Å². The summed E-state index contributed by atoms with van der Waals surface area (Å²) >= 11 is 0. The molecule has 2 fully saturated rings. The maximum atomic E-state index is 9.53. The van der Waals surface area contributed by atoms with Gasteiger partial charge in [0.2, 0.25) is 0 Å². The molecule has 0 aliphatic heterocycles. The molecule has 4 rings (SSSR count). The van der Waals surface area contributed by atoms with E-state index in [1.807, 2.05) is 18.2 Å². The van der Waals surface area contributed by atoms with Gasteiger partial charge in [-0.3, -0.25) is 4.57 Å². The van der Waals surface area contributed by atoms with E-state index in [1.54, 1.807) is 0 Å². The van der Waals surface area contributed by atoms with Gasteiger partial charge in [-0.25, -0.2) is 0 Å². The van der Waals surface area contributed by atoms with Gasteiger partial charge in [0.15, 0.2) is 5.82 Å². The van der Waals surface area contributed by atoms with E-state index in [1.165, 1.54) is 25.7 Å². The summed E-state index contributed by atoms with van der Waals surface area (Å²) in [6.07, 6.45) is 5.35. The zero-order chi connectivity index (χ0) is 13.5. The Bertz CT molecular complexity index is 595. The predicted octanol–water partition coefficient (Wildman–Crippen LogP) is 2.66. The van der Waals surface area contributed by atoms with E-state index in [0.717, 1.165) is 23.3 Å². The van der Waals surface area contributed by atoms with Crippen LogP contribution in [0.3, 0.4) is 0 Å². The van der Waals surface area contributed by atoms with Crippen molar-refractivity contribution >= 4 is 0 Å². The monoisotopic (exact) mass is 269 g/mol. The van der Waals surface area contributed by atoms with Crippen LogP contribution in [0.2, 0.25) is 0 Å². The summed E-state index contributed by atoms with van der Waals surface area (Å²) in [4.78, 5) is 0. The first-order valence-electron chi connectivity index (χ1n) is 7.50. The summed E-state index contributed by atoms with van der Waals surface area (Å²) in [6.45, 7) is -0.0655. The molecule has 0 spiro atoms. The third kappa shape index (κ3) is 1.79. The number of hydrogen-bond acceptors (Lipinski definition) is 3. The fraction of sp³-hybridized carbons (Fsp3) is 0.500. The molecule has 1 aromatic carbocycles. The van der Waals surface area contributed by atoms with E-state index in [0.29, 0.717) is 11.7 Å². The average molecular weight is 269 g/mol. The van der Waals surface area contributed by atoms with Crippen LogP contribution in [0.1, 0.15) is 43.3 Å². The molecule has 20 heavy (non-hydrogen) atoms. The van der Waals surface area contributed by atoms with Crippen molar-refractivity contribution in [3.8, 4) is 5.69 Å². The lowest BCUT2D eigenvalue weighted by atomic mass is 10.0. The maximum Gasteiger partial charge on any atom is 0.163 e. The molecule has 1 N–H and O–H groups in total. The van der Waals surface area contributed by atoms with E-state index in [2.05, 4.69) is 26.9 Å². The van der Waals surface area contributed by atoms with Gasteiger partial charge in [-0.05, 0) is 36.8 Å². The third-order valence-corrected chi connectivity index (χ3v) is 4.87. The number of fused-ring (bicyclic) bond motifs is 1. The van der Waals surface area contributed by atoms with E-state index in [4.69, 9.17) is 0 Å². The number of nitrogens with zero attached hydrogens (tertiary/aromatic N) is 3. The van der Waals surface area contributed by atoms with Crippen LogP contribution < -0.4 is 0 Å². The number of aliphatic hydroxyl groups excluding tert-OH is 1. The number of rotatable bonds is 3. The summed E-state index contributed by atoms with van der Waals surface area (Å²) in [7, 11) is 0. The minimum Gasteiger partial charge on any atom is -0.388 e. The molecule has 0 amide bonds. The zero-order valence-corrected chi connectivity index (χ0v) is 11.4. The molecule has 2 saturated carbocycles. The predicted molar refractivity (Wildman–Crippen MR) is 75.5 cm³/mol. The molecule has 0 radical (unpaired) electrons. The van der Waals surface area contributed by atoms with Crippen molar-refractivity contribution in [1.29, 1.82) is 0 Å². The summed E-state index contributed by atoms with van der Waals surface area (Å²) in [5, 5.41) is 18.1. The van der Waals surface area contributed by atoms with Gasteiger partial charge in [0.05, 0.1) is 0 Å². The maximum absolute atomic E-state index is 9.53. The van der Waals surface area contributed by atoms with Crippen molar-refractivity contribution in [2.24, 2.45) is 11.8 Å². The fourth-order valence-corrected chi connectivity index (χ4v) is 3.88. The molecule has 2 aromatic rings. The fourth-order valence-electron chi connectivity index (χ4n) is 3.88. The van der Waals surface area contributed by atoms with E-state index < -0.39 is 0 Å². The van der Waals surface area contributed by atoms with Crippen molar-refractivity contribution in [1.82, 2.24) is 14.8 Å².